The van der Waals surface area contributed by atoms with Crippen molar-refractivity contribution in [2.45, 2.75) is 6.92 Å². The van der Waals surface area contributed by atoms with Gasteiger partial charge in [0, 0.05) is 18.3 Å². The first kappa shape index (κ1) is 12.0. The Bertz CT molecular complexity index is 572. The Morgan fingerprint density at radius 1 is 1.06 bits per heavy atom. The zero-order valence-electron chi connectivity index (χ0n) is 9.91. The molecular weight excluding hydrogens is 228 g/mol. The van der Waals surface area contributed by atoms with Gasteiger partial charge in [0.2, 0.25) is 0 Å². The van der Waals surface area contributed by atoms with Crippen LogP contribution in [0.25, 0.3) is 0 Å². The number of aryl methyl sites for hydroxylation is 1. The first-order valence-electron chi connectivity index (χ1n) is 5.50. The Labute approximate surface area is 105 Å². The van der Waals surface area contributed by atoms with Gasteiger partial charge in [0.25, 0.3) is 5.69 Å². The number of nitro benzene ring substituents is 1. The highest BCUT2D eigenvalue weighted by atomic mass is 16.6. The van der Waals surface area contributed by atoms with Gasteiger partial charge in [-0.2, -0.15) is 0 Å². The molecule has 0 unspecified atom stereocenters. The van der Waals surface area contributed by atoms with Crippen molar-refractivity contribution in [3.63, 3.8) is 0 Å². The molecule has 0 saturated carbocycles. The molecule has 4 nitrogen and oxygen atoms in total. The van der Waals surface area contributed by atoms with Crippen LogP contribution < -0.4 is 0 Å². The van der Waals surface area contributed by atoms with E-state index in [2.05, 4.69) is 4.99 Å². The van der Waals surface area contributed by atoms with Gasteiger partial charge in [0.1, 0.15) is 0 Å². The molecule has 0 aliphatic carbocycles. The van der Waals surface area contributed by atoms with E-state index in [1.165, 1.54) is 17.7 Å². The van der Waals surface area contributed by atoms with Crippen LogP contribution in [0, 0.1) is 17.0 Å². The van der Waals surface area contributed by atoms with Gasteiger partial charge in [-0.15, -0.1) is 0 Å². The van der Waals surface area contributed by atoms with Crippen LogP contribution in [0.4, 0.5) is 11.4 Å². The second kappa shape index (κ2) is 5.23. The molecule has 18 heavy (non-hydrogen) atoms. The molecule has 90 valence electrons. The number of non-ortho nitro benzene ring substituents is 1. The summed E-state index contributed by atoms with van der Waals surface area (Å²) in [7, 11) is 0. The number of rotatable bonds is 3. The van der Waals surface area contributed by atoms with Gasteiger partial charge in [-0.1, -0.05) is 29.8 Å². The third-order valence-electron chi connectivity index (χ3n) is 2.50. The predicted molar refractivity (Wildman–Crippen MR) is 71.5 cm³/mol. The minimum absolute atomic E-state index is 0.0734. The van der Waals surface area contributed by atoms with Crippen molar-refractivity contribution < 1.29 is 4.92 Å². The van der Waals surface area contributed by atoms with Crippen molar-refractivity contribution in [3.8, 4) is 0 Å². The maximum Gasteiger partial charge on any atom is 0.269 e. The molecule has 0 amide bonds. The third kappa shape index (κ3) is 3.01. The van der Waals surface area contributed by atoms with Crippen LogP contribution >= 0.6 is 0 Å². The van der Waals surface area contributed by atoms with Gasteiger partial charge in [0.05, 0.1) is 10.6 Å². The van der Waals surface area contributed by atoms with Crippen molar-refractivity contribution in [2.24, 2.45) is 4.99 Å². The quantitative estimate of drug-likeness (QED) is 0.467. The van der Waals surface area contributed by atoms with E-state index in [4.69, 9.17) is 0 Å². The molecule has 2 aromatic carbocycles. The lowest BCUT2D eigenvalue weighted by Gasteiger charge is -1.95. The second-order valence-corrected chi connectivity index (χ2v) is 3.94. The Kier molecular flexibility index (Phi) is 3.48. The summed E-state index contributed by atoms with van der Waals surface area (Å²) >= 11 is 0. The Hall–Kier alpha value is -2.49. The number of hydrogen-bond acceptors (Lipinski definition) is 3. The molecule has 0 aliphatic heterocycles. The monoisotopic (exact) mass is 240 g/mol. The lowest BCUT2D eigenvalue weighted by molar-refractivity contribution is -0.384. The smallest absolute Gasteiger partial charge is 0.258 e. The van der Waals surface area contributed by atoms with Crippen molar-refractivity contribution in [3.05, 3.63) is 69.8 Å². The first-order chi connectivity index (χ1) is 8.65. The Balaban J connectivity index is 2.13. The fourth-order valence-electron chi connectivity index (χ4n) is 1.46. The van der Waals surface area contributed by atoms with E-state index in [1.54, 1.807) is 18.3 Å². The highest BCUT2D eigenvalue weighted by Crippen LogP contribution is 2.17. The molecule has 0 atom stereocenters. The fraction of sp³-hybridized carbons (Fsp3) is 0.0714. The SMILES string of the molecule is Cc1ccc(C=Nc2ccc([N+](=O)[O-])cc2)cc1. The molecule has 0 radical (unpaired) electrons. The maximum atomic E-state index is 10.5. The van der Waals surface area contributed by atoms with Gasteiger partial charge in [-0.3, -0.25) is 15.1 Å². The van der Waals surface area contributed by atoms with Crippen LogP contribution in [0.3, 0.4) is 0 Å². The summed E-state index contributed by atoms with van der Waals surface area (Å²) in [6, 6.07) is 14.1. The number of hydrogen-bond donors (Lipinski definition) is 0. The van der Waals surface area contributed by atoms with Gasteiger partial charge < -0.3 is 0 Å². The summed E-state index contributed by atoms with van der Waals surface area (Å²) < 4.78 is 0. The molecule has 4 heteroatoms. The van der Waals surface area contributed by atoms with Gasteiger partial charge in [-0.25, -0.2) is 0 Å². The Morgan fingerprint density at radius 2 is 1.67 bits per heavy atom. The van der Waals surface area contributed by atoms with Crippen molar-refractivity contribution in [1.82, 2.24) is 0 Å². The first-order valence-corrected chi connectivity index (χ1v) is 5.50. The second-order valence-electron chi connectivity index (χ2n) is 3.94. The predicted octanol–water partition coefficient (Wildman–Crippen LogP) is 3.65. The van der Waals surface area contributed by atoms with Crippen LogP contribution in [-0.2, 0) is 0 Å². The molecule has 0 saturated heterocycles. The van der Waals surface area contributed by atoms with Crippen LogP contribution in [0.2, 0.25) is 0 Å². The fourth-order valence-corrected chi connectivity index (χ4v) is 1.46. The molecule has 0 heterocycles. The van der Waals surface area contributed by atoms with E-state index in [9.17, 15) is 10.1 Å². The van der Waals surface area contributed by atoms with E-state index in [-0.39, 0.29) is 5.69 Å². The molecular formula is C14H12N2O2. The number of benzene rings is 2. The summed E-state index contributed by atoms with van der Waals surface area (Å²) in [4.78, 5) is 14.3. The van der Waals surface area contributed by atoms with Crippen LogP contribution in [0.15, 0.2) is 53.5 Å². The molecule has 0 bridgehead atoms. The van der Waals surface area contributed by atoms with Crippen molar-refractivity contribution in [2.75, 3.05) is 0 Å². The average molecular weight is 240 g/mol. The van der Waals surface area contributed by atoms with Gasteiger partial charge in [-0.05, 0) is 24.6 Å². The largest absolute Gasteiger partial charge is 0.269 e. The molecule has 0 fully saturated rings. The topological polar surface area (TPSA) is 55.5 Å². The molecule has 2 aromatic rings. The number of aliphatic imine (C=N–C) groups is 1. The van der Waals surface area contributed by atoms with E-state index >= 15 is 0 Å². The molecule has 0 aromatic heterocycles. The maximum absolute atomic E-state index is 10.5. The van der Waals surface area contributed by atoms with E-state index in [0.29, 0.717) is 5.69 Å². The lowest BCUT2D eigenvalue weighted by atomic mass is 10.2. The minimum Gasteiger partial charge on any atom is -0.258 e. The molecule has 0 aliphatic rings. The van der Waals surface area contributed by atoms with Crippen LogP contribution in [-0.4, -0.2) is 11.1 Å². The highest BCUT2D eigenvalue weighted by Gasteiger charge is 2.02. The van der Waals surface area contributed by atoms with Crippen molar-refractivity contribution in [1.29, 1.82) is 0 Å². The summed E-state index contributed by atoms with van der Waals surface area (Å²) in [5.74, 6) is 0. The van der Waals surface area contributed by atoms with Crippen molar-refractivity contribution >= 4 is 17.6 Å². The van der Waals surface area contributed by atoms with Gasteiger partial charge >= 0.3 is 0 Å². The summed E-state index contributed by atoms with van der Waals surface area (Å²) in [5.41, 5.74) is 2.96. The number of nitro groups is 1. The standard InChI is InChI=1S/C14H12N2O2/c1-11-2-4-12(5-3-11)10-15-13-6-8-14(9-7-13)16(17)18/h2-10H,1H3. The van der Waals surface area contributed by atoms with E-state index < -0.39 is 4.92 Å². The number of nitrogens with zero attached hydrogens (tertiary/aromatic N) is 2. The Morgan fingerprint density at radius 3 is 2.22 bits per heavy atom. The average Bonchev–Trinajstić information content (AvgIpc) is 2.38. The third-order valence-corrected chi connectivity index (χ3v) is 2.50. The van der Waals surface area contributed by atoms with Crippen LogP contribution in [0.5, 0.6) is 0 Å². The van der Waals surface area contributed by atoms with Crippen LogP contribution in [0.1, 0.15) is 11.1 Å². The minimum atomic E-state index is -0.423. The summed E-state index contributed by atoms with van der Waals surface area (Å²) in [6.07, 6.45) is 1.74. The highest BCUT2D eigenvalue weighted by molar-refractivity contribution is 5.81. The molecule has 0 spiro atoms. The van der Waals surface area contributed by atoms with E-state index in [1.807, 2.05) is 31.2 Å². The summed E-state index contributed by atoms with van der Waals surface area (Å²) in [6.45, 7) is 2.03. The van der Waals surface area contributed by atoms with E-state index in [0.717, 1.165) is 5.56 Å². The summed E-state index contributed by atoms with van der Waals surface area (Å²) in [5, 5.41) is 10.5. The zero-order valence-corrected chi connectivity index (χ0v) is 9.91. The normalized spacial score (nSPS) is 10.7. The van der Waals surface area contributed by atoms with Gasteiger partial charge in [0.15, 0.2) is 0 Å². The zero-order chi connectivity index (χ0) is 13.0. The molecule has 0 N–H and O–H groups in total. The lowest BCUT2D eigenvalue weighted by Crippen LogP contribution is -1.86. The molecule has 2 rings (SSSR count).